The van der Waals surface area contributed by atoms with Crippen LogP contribution in [0, 0.1) is 0 Å². The topological polar surface area (TPSA) is 124 Å². The minimum absolute atomic E-state index is 0.0772. The van der Waals surface area contributed by atoms with Gasteiger partial charge in [-0.2, -0.15) is 10.1 Å². The minimum Gasteiger partial charge on any atom is -0.369 e. The first-order valence-corrected chi connectivity index (χ1v) is 8.02. The SMILES string of the molecule is CCCc1cc(C(=O)N2CCN(c3cc(=O)[nH]c(N)n3)CC2)n[nH]1. The lowest BCUT2D eigenvalue weighted by molar-refractivity contribution is 0.0740. The summed E-state index contributed by atoms with van der Waals surface area (Å²) in [7, 11) is 0. The first kappa shape index (κ1) is 16.0. The van der Waals surface area contributed by atoms with Crippen molar-refractivity contribution in [2.24, 2.45) is 0 Å². The van der Waals surface area contributed by atoms with E-state index >= 15 is 0 Å². The van der Waals surface area contributed by atoms with Crippen molar-refractivity contribution in [2.75, 3.05) is 36.8 Å². The van der Waals surface area contributed by atoms with Gasteiger partial charge in [0.15, 0.2) is 0 Å². The number of nitrogen functional groups attached to an aromatic ring is 1. The molecule has 0 saturated carbocycles. The Kier molecular flexibility index (Phi) is 4.50. The fourth-order valence-corrected chi connectivity index (χ4v) is 2.79. The number of nitrogens with one attached hydrogen (secondary N) is 2. The molecule has 0 aromatic carbocycles. The second kappa shape index (κ2) is 6.73. The summed E-state index contributed by atoms with van der Waals surface area (Å²) in [6.45, 7) is 4.35. The van der Waals surface area contributed by atoms with Gasteiger partial charge in [0.05, 0.1) is 0 Å². The number of aromatic nitrogens is 4. The molecule has 1 saturated heterocycles. The summed E-state index contributed by atoms with van der Waals surface area (Å²) < 4.78 is 0. The van der Waals surface area contributed by atoms with E-state index in [-0.39, 0.29) is 17.4 Å². The standard InChI is InChI=1S/C15H21N7O2/c1-2-3-10-8-11(20-19-10)14(24)22-6-4-21(5-7-22)12-9-13(23)18-15(16)17-12/h8-9H,2-7H2,1H3,(H,19,20)(H3,16,17,18,23). The molecule has 9 nitrogen and oxygen atoms in total. The zero-order chi connectivity index (χ0) is 17.1. The van der Waals surface area contributed by atoms with Crippen LogP contribution in [0.2, 0.25) is 0 Å². The van der Waals surface area contributed by atoms with E-state index in [4.69, 9.17) is 5.73 Å². The van der Waals surface area contributed by atoms with Crippen molar-refractivity contribution in [3.8, 4) is 0 Å². The van der Waals surface area contributed by atoms with Crippen molar-refractivity contribution in [1.29, 1.82) is 0 Å². The van der Waals surface area contributed by atoms with E-state index in [9.17, 15) is 9.59 Å². The molecule has 0 spiro atoms. The smallest absolute Gasteiger partial charge is 0.274 e. The number of H-pyrrole nitrogens is 2. The highest BCUT2D eigenvalue weighted by Gasteiger charge is 2.24. The van der Waals surface area contributed by atoms with Gasteiger partial charge in [0.25, 0.3) is 11.5 Å². The van der Waals surface area contributed by atoms with Crippen molar-refractivity contribution in [3.63, 3.8) is 0 Å². The van der Waals surface area contributed by atoms with Gasteiger partial charge in [-0.15, -0.1) is 0 Å². The van der Waals surface area contributed by atoms with E-state index in [2.05, 4.69) is 27.1 Å². The Hall–Kier alpha value is -2.84. The van der Waals surface area contributed by atoms with Crippen molar-refractivity contribution in [2.45, 2.75) is 19.8 Å². The molecule has 0 aliphatic carbocycles. The quantitative estimate of drug-likeness (QED) is 0.724. The molecule has 1 aliphatic rings. The van der Waals surface area contributed by atoms with Crippen LogP contribution in [0.3, 0.4) is 0 Å². The van der Waals surface area contributed by atoms with E-state index < -0.39 is 0 Å². The van der Waals surface area contributed by atoms with E-state index in [1.54, 1.807) is 4.90 Å². The molecule has 3 heterocycles. The van der Waals surface area contributed by atoms with Gasteiger partial charge < -0.3 is 15.5 Å². The molecule has 0 bridgehead atoms. The molecular weight excluding hydrogens is 310 g/mol. The molecule has 2 aromatic rings. The number of hydrogen-bond acceptors (Lipinski definition) is 6. The van der Waals surface area contributed by atoms with Crippen LogP contribution < -0.4 is 16.2 Å². The first-order valence-electron chi connectivity index (χ1n) is 8.02. The minimum atomic E-state index is -0.281. The van der Waals surface area contributed by atoms with E-state index in [0.717, 1.165) is 18.5 Å². The van der Waals surface area contributed by atoms with Gasteiger partial charge in [0, 0.05) is 37.9 Å². The summed E-state index contributed by atoms with van der Waals surface area (Å²) >= 11 is 0. The predicted molar refractivity (Wildman–Crippen MR) is 90.0 cm³/mol. The van der Waals surface area contributed by atoms with Crippen molar-refractivity contribution >= 4 is 17.7 Å². The molecule has 1 fully saturated rings. The van der Waals surface area contributed by atoms with Crippen LogP contribution >= 0.6 is 0 Å². The summed E-state index contributed by atoms with van der Waals surface area (Å²) in [5.74, 6) is 0.552. The van der Waals surface area contributed by atoms with Gasteiger partial charge in [0.1, 0.15) is 11.5 Å². The van der Waals surface area contributed by atoms with Crippen LogP contribution in [0.5, 0.6) is 0 Å². The van der Waals surface area contributed by atoms with Crippen LogP contribution in [-0.4, -0.2) is 57.2 Å². The van der Waals surface area contributed by atoms with Crippen LogP contribution in [-0.2, 0) is 6.42 Å². The fourth-order valence-electron chi connectivity index (χ4n) is 2.79. The van der Waals surface area contributed by atoms with Crippen molar-refractivity contribution in [1.82, 2.24) is 25.1 Å². The van der Waals surface area contributed by atoms with Crippen LogP contribution in [0.1, 0.15) is 29.5 Å². The number of nitrogens with two attached hydrogens (primary N) is 1. The molecule has 24 heavy (non-hydrogen) atoms. The normalized spacial score (nSPS) is 14.9. The summed E-state index contributed by atoms with van der Waals surface area (Å²) in [5.41, 5.74) is 6.72. The largest absolute Gasteiger partial charge is 0.369 e. The fraction of sp³-hybridized carbons (Fsp3) is 0.467. The highest BCUT2D eigenvalue weighted by molar-refractivity contribution is 5.92. The number of carbonyl (C=O) groups is 1. The maximum Gasteiger partial charge on any atom is 0.274 e. The molecule has 0 radical (unpaired) electrons. The number of carbonyl (C=O) groups excluding carboxylic acids is 1. The number of hydrogen-bond donors (Lipinski definition) is 3. The van der Waals surface area contributed by atoms with Crippen LogP contribution in [0.25, 0.3) is 0 Å². The summed E-state index contributed by atoms with van der Waals surface area (Å²) in [6, 6.07) is 3.23. The maximum atomic E-state index is 12.5. The summed E-state index contributed by atoms with van der Waals surface area (Å²) in [4.78, 5) is 34.3. The lowest BCUT2D eigenvalue weighted by atomic mass is 10.2. The molecule has 4 N–H and O–H groups in total. The molecular formula is C15H21N7O2. The van der Waals surface area contributed by atoms with Crippen LogP contribution in [0.4, 0.5) is 11.8 Å². The van der Waals surface area contributed by atoms with Crippen molar-refractivity contribution in [3.05, 3.63) is 33.9 Å². The van der Waals surface area contributed by atoms with Gasteiger partial charge >= 0.3 is 0 Å². The van der Waals surface area contributed by atoms with Gasteiger partial charge in [-0.1, -0.05) is 13.3 Å². The third kappa shape index (κ3) is 3.39. The lowest BCUT2D eigenvalue weighted by Gasteiger charge is -2.35. The average Bonchev–Trinajstić information content (AvgIpc) is 3.02. The number of nitrogens with zero attached hydrogens (tertiary/aromatic N) is 4. The number of rotatable bonds is 4. The van der Waals surface area contributed by atoms with Gasteiger partial charge in [-0.3, -0.25) is 19.7 Å². The Morgan fingerprint density at radius 2 is 2.04 bits per heavy atom. The van der Waals surface area contributed by atoms with Crippen molar-refractivity contribution < 1.29 is 4.79 Å². The Bertz CT molecular complexity index is 774. The Balaban J connectivity index is 1.63. The van der Waals surface area contributed by atoms with Gasteiger partial charge in [-0.05, 0) is 12.5 Å². The molecule has 0 unspecified atom stereocenters. The van der Waals surface area contributed by atoms with Crippen LogP contribution in [0.15, 0.2) is 16.9 Å². The second-order valence-corrected chi connectivity index (χ2v) is 5.80. The highest BCUT2D eigenvalue weighted by Crippen LogP contribution is 2.14. The third-order valence-electron chi connectivity index (χ3n) is 4.01. The zero-order valence-electron chi connectivity index (χ0n) is 13.6. The molecule has 3 rings (SSSR count). The number of aromatic amines is 2. The molecule has 0 atom stereocenters. The monoisotopic (exact) mass is 331 g/mol. The van der Waals surface area contributed by atoms with E-state index in [1.165, 1.54) is 6.07 Å². The maximum absolute atomic E-state index is 12.5. The molecule has 1 amide bonds. The third-order valence-corrected chi connectivity index (χ3v) is 4.01. The van der Waals surface area contributed by atoms with E-state index in [0.29, 0.717) is 37.7 Å². The number of aryl methyl sites for hydroxylation is 1. The second-order valence-electron chi connectivity index (χ2n) is 5.80. The number of amides is 1. The highest BCUT2D eigenvalue weighted by atomic mass is 16.2. The lowest BCUT2D eigenvalue weighted by Crippen LogP contribution is -2.49. The summed E-state index contributed by atoms with van der Waals surface area (Å²) in [6.07, 6.45) is 1.88. The van der Waals surface area contributed by atoms with Gasteiger partial charge in [-0.25, -0.2) is 0 Å². The predicted octanol–water partition coefficient (Wildman–Crippen LogP) is -0.00990. The molecule has 2 aromatic heterocycles. The Labute approximate surface area is 138 Å². The summed E-state index contributed by atoms with van der Waals surface area (Å²) in [5, 5.41) is 7.01. The molecule has 9 heteroatoms. The van der Waals surface area contributed by atoms with Gasteiger partial charge in [0.2, 0.25) is 5.95 Å². The Morgan fingerprint density at radius 3 is 2.71 bits per heavy atom. The molecule has 1 aliphatic heterocycles. The zero-order valence-corrected chi connectivity index (χ0v) is 13.6. The first-order chi connectivity index (χ1) is 11.6. The number of anilines is 2. The number of piperazine rings is 1. The Morgan fingerprint density at radius 1 is 1.29 bits per heavy atom. The molecule has 128 valence electrons. The average molecular weight is 331 g/mol. The van der Waals surface area contributed by atoms with E-state index in [1.807, 2.05) is 11.0 Å².